The molecule has 0 saturated carbocycles. The first-order chi connectivity index (χ1) is 10.5. The molecule has 22 heavy (non-hydrogen) atoms. The molecule has 116 valence electrons. The number of carbonyl (C=O) groups is 3. The Balaban J connectivity index is 2.19. The number of ether oxygens (including phenoxy) is 2. The summed E-state index contributed by atoms with van der Waals surface area (Å²) >= 11 is 0. The molecule has 1 aromatic carbocycles. The number of benzene rings is 1. The fraction of sp³-hybridized carbons (Fsp3) is 0.438. The fourth-order valence-corrected chi connectivity index (χ4v) is 3.35. The van der Waals surface area contributed by atoms with Crippen LogP contribution < -0.4 is 14.8 Å². The van der Waals surface area contributed by atoms with Crippen LogP contribution in [0.5, 0.6) is 11.5 Å². The van der Waals surface area contributed by atoms with Gasteiger partial charge in [0.1, 0.15) is 0 Å². The molecule has 0 radical (unpaired) electrons. The standard InChI is InChI=1S/C16H17NO5/c1-21-12-7-9-10(8-13(12)22-2)16(5-3-11(9)18)6-4-14(19)17-15(16)20/h7-8H,3-6H2,1-2H3,(H,17,19,20). The van der Waals surface area contributed by atoms with E-state index in [1.807, 2.05) is 0 Å². The highest BCUT2D eigenvalue weighted by molar-refractivity contribution is 6.08. The Morgan fingerprint density at radius 3 is 2.27 bits per heavy atom. The van der Waals surface area contributed by atoms with E-state index in [0.717, 1.165) is 0 Å². The Morgan fingerprint density at radius 2 is 1.64 bits per heavy atom. The van der Waals surface area contributed by atoms with E-state index >= 15 is 0 Å². The van der Waals surface area contributed by atoms with E-state index < -0.39 is 5.41 Å². The highest BCUT2D eigenvalue weighted by atomic mass is 16.5. The van der Waals surface area contributed by atoms with Crippen molar-refractivity contribution in [3.63, 3.8) is 0 Å². The molecule has 0 bridgehead atoms. The van der Waals surface area contributed by atoms with Crippen LogP contribution in [-0.4, -0.2) is 31.8 Å². The summed E-state index contributed by atoms with van der Waals surface area (Å²) in [5.74, 6) is 0.310. The summed E-state index contributed by atoms with van der Waals surface area (Å²) < 4.78 is 10.5. The molecule has 1 saturated heterocycles. The van der Waals surface area contributed by atoms with Crippen LogP contribution in [0.2, 0.25) is 0 Å². The van der Waals surface area contributed by atoms with Gasteiger partial charge in [0.2, 0.25) is 11.8 Å². The number of hydrogen-bond acceptors (Lipinski definition) is 5. The molecule has 3 rings (SSSR count). The third-order valence-electron chi connectivity index (χ3n) is 4.58. The summed E-state index contributed by atoms with van der Waals surface area (Å²) in [7, 11) is 3.01. The van der Waals surface area contributed by atoms with Gasteiger partial charge in [0.05, 0.1) is 19.6 Å². The van der Waals surface area contributed by atoms with Crippen LogP contribution in [0.15, 0.2) is 12.1 Å². The summed E-state index contributed by atoms with van der Waals surface area (Å²) in [6.07, 6.45) is 1.37. The molecule has 1 atom stereocenters. The third-order valence-corrected chi connectivity index (χ3v) is 4.58. The molecule has 2 amide bonds. The number of carbonyl (C=O) groups excluding carboxylic acids is 3. The predicted molar refractivity (Wildman–Crippen MR) is 77.2 cm³/mol. The monoisotopic (exact) mass is 303 g/mol. The number of methoxy groups -OCH3 is 2. The quantitative estimate of drug-likeness (QED) is 0.834. The molecule has 6 nitrogen and oxygen atoms in total. The number of fused-ring (bicyclic) bond motifs is 2. The molecule has 1 spiro atoms. The minimum atomic E-state index is -0.837. The molecule has 1 aliphatic carbocycles. The number of ketones is 1. The van der Waals surface area contributed by atoms with E-state index in [0.29, 0.717) is 35.5 Å². The summed E-state index contributed by atoms with van der Waals surface area (Å²) in [5.41, 5.74) is 0.274. The van der Waals surface area contributed by atoms with Gasteiger partial charge in [0.25, 0.3) is 0 Å². The first kappa shape index (κ1) is 14.6. The Kier molecular flexibility index (Phi) is 3.39. The van der Waals surface area contributed by atoms with Crippen molar-refractivity contribution in [2.24, 2.45) is 0 Å². The van der Waals surface area contributed by atoms with Crippen molar-refractivity contribution in [1.29, 1.82) is 0 Å². The molecule has 1 aromatic rings. The highest BCUT2D eigenvalue weighted by Crippen LogP contribution is 2.46. The zero-order valence-electron chi connectivity index (χ0n) is 12.5. The Hall–Kier alpha value is -2.37. The number of amides is 2. The zero-order chi connectivity index (χ0) is 15.9. The number of imide groups is 1. The highest BCUT2D eigenvalue weighted by Gasteiger charge is 2.48. The minimum Gasteiger partial charge on any atom is -0.493 e. The summed E-state index contributed by atoms with van der Waals surface area (Å²) in [6.45, 7) is 0. The van der Waals surface area contributed by atoms with Crippen molar-refractivity contribution in [2.75, 3.05) is 14.2 Å². The molecule has 1 unspecified atom stereocenters. The van der Waals surface area contributed by atoms with Gasteiger partial charge in [-0.2, -0.15) is 0 Å². The van der Waals surface area contributed by atoms with Crippen LogP contribution in [0, 0.1) is 0 Å². The van der Waals surface area contributed by atoms with Crippen LogP contribution in [0.4, 0.5) is 0 Å². The fourth-order valence-electron chi connectivity index (χ4n) is 3.35. The molecular formula is C16H17NO5. The predicted octanol–water partition coefficient (Wildman–Crippen LogP) is 1.35. The van der Waals surface area contributed by atoms with Gasteiger partial charge >= 0.3 is 0 Å². The van der Waals surface area contributed by atoms with Crippen molar-refractivity contribution < 1.29 is 23.9 Å². The smallest absolute Gasteiger partial charge is 0.237 e. The van der Waals surface area contributed by atoms with E-state index in [9.17, 15) is 14.4 Å². The number of piperidine rings is 1. The SMILES string of the molecule is COc1cc2c(cc1OC)C1(CCC(=O)NC1=O)CCC2=O. The second kappa shape index (κ2) is 5.12. The minimum absolute atomic E-state index is 0.0220. The molecule has 1 aliphatic heterocycles. The number of hydrogen-bond donors (Lipinski definition) is 1. The molecule has 2 aliphatic rings. The maximum Gasteiger partial charge on any atom is 0.237 e. The van der Waals surface area contributed by atoms with Gasteiger partial charge in [-0.3, -0.25) is 19.7 Å². The first-order valence-electron chi connectivity index (χ1n) is 7.16. The van der Waals surface area contributed by atoms with Gasteiger partial charge in [0, 0.05) is 18.4 Å². The van der Waals surface area contributed by atoms with E-state index in [-0.39, 0.29) is 30.4 Å². The largest absolute Gasteiger partial charge is 0.493 e. The van der Waals surface area contributed by atoms with E-state index in [1.54, 1.807) is 12.1 Å². The van der Waals surface area contributed by atoms with Crippen molar-refractivity contribution >= 4 is 17.6 Å². The molecule has 0 aromatic heterocycles. The summed E-state index contributed by atoms with van der Waals surface area (Å²) in [4.78, 5) is 36.2. The molecule has 1 heterocycles. The average molecular weight is 303 g/mol. The van der Waals surface area contributed by atoms with E-state index in [2.05, 4.69) is 5.32 Å². The zero-order valence-corrected chi connectivity index (χ0v) is 12.5. The van der Waals surface area contributed by atoms with Crippen LogP contribution >= 0.6 is 0 Å². The first-order valence-corrected chi connectivity index (χ1v) is 7.16. The molecular weight excluding hydrogens is 286 g/mol. The lowest BCUT2D eigenvalue weighted by atomic mass is 9.65. The summed E-state index contributed by atoms with van der Waals surface area (Å²) in [6, 6.07) is 3.32. The number of nitrogens with one attached hydrogen (secondary N) is 1. The van der Waals surface area contributed by atoms with E-state index in [1.165, 1.54) is 14.2 Å². The van der Waals surface area contributed by atoms with Crippen molar-refractivity contribution in [2.45, 2.75) is 31.1 Å². The van der Waals surface area contributed by atoms with Gasteiger partial charge in [-0.05, 0) is 30.5 Å². The summed E-state index contributed by atoms with van der Waals surface area (Å²) in [5, 5.41) is 2.40. The van der Waals surface area contributed by atoms with Crippen molar-refractivity contribution in [3.8, 4) is 11.5 Å². The lowest BCUT2D eigenvalue weighted by molar-refractivity contribution is -0.138. The van der Waals surface area contributed by atoms with Crippen LogP contribution in [0.3, 0.4) is 0 Å². The van der Waals surface area contributed by atoms with Gasteiger partial charge in [-0.1, -0.05) is 0 Å². The lowest BCUT2D eigenvalue weighted by Gasteiger charge is -2.39. The molecule has 1 fully saturated rings. The Labute approximate surface area is 127 Å². The Bertz CT molecular complexity index is 681. The van der Waals surface area contributed by atoms with Crippen molar-refractivity contribution in [1.82, 2.24) is 5.32 Å². The average Bonchev–Trinajstić information content (AvgIpc) is 2.52. The van der Waals surface area contributed by atoms with Crippen LogP contribution in [0.25, 0.3) is 0 Å². The van der Waals surface area contributed by atoms with Gasteiger partial charge in [-0.15, -0.1) is 0 Å². The van der Waals surface area contributed by atoms with Crippen LogP contribution in [-0.2, 0) is 15.0 Å². The van der Waals surface area contributed by atoms with Crippen LogP contribution in [0.1, 0.15) is 41.6 Å². The maximum absolute atomic E-state index is 12.5. The number of rotatable bonds is 2. The second-order valence-corrected chi connectivity index (χ2v) is 5.64. The molecule has 1 N–H and O–H groups in total. The third kappa shape index (κ3) is 1.98. The van der Waals surface area contributed by atoms with Gasteiger partial charge in [0.15, 0.2) is 17.3 Å². The lowest BCUT2D eigenvalue weighted by Crippen LogP contribution is -2.53. The Morgan fingerprint density at radius 1 is 1.00 bits per heavy atom. The van der Waals surface area contributed by atoms with Crippen molar-refractivity contribution in [3.05, 3.63) is 23.3 Å². The van der Waals surface area contributed by atoms with E-state index in [4.69, 9.17) is 9.47 Å². The van der Waals surface area contributed by atoms with Gasteiger partial charge < -0.3 is 9.47 Å². The maximum atomic E-state index is 12.5. The second-order valence-electron chi connectivity index (χ2n) is 5.64. The molecule has 6 heteroatoms. The topological polar surface area (TPSA) is 81.7 Å². The number of Topliss-reactive ketones (excluding diaryl/α,β-unsaturated/α-hetero) is 1. The van der Waals surface area contributed by atoms with Gasteiger partial charge in [-0.25, -0.2) is 0 Å². The normalized spacial score (nSPS) is 24.0.